The van der Waals surface area contributed by atoms with Gasteiger partial charge in [-0.1, -0.05) is 36.6 Å². The van der Waals surface area contributed by atoms with Gasteiger partial charge in [-0.05, 0) is 61.4 Å². The lowest BCUT2D eigenvalue weighted by Gasteiger charge is -2.06. The Morgan fingerprint density at radius 3 is 2.41 bits per heavy atom. The molecule has 1 rings (SSSR count). The minimum atomic E-state index is -1.00. The average molecular weight is 362 g/mol. The summed E-state index contributed by atoms with van der Waals surface area (Å²) in [5.74, 6) is 0. The third-order valence-electron chi connectivity index (χ3n) is 2.64. The minimum Gasteiger partial charge on any atom is -0.249 e. The van der Waals surface area contributed by atoms with Crippen LogP contribution in [0.15, 0.2) is 37.6 Å². The molecule has 0 saturated heterocycles. The fourth-order valence-corrected chi connectivity index (χ4v) is 3.51. The van der Waals surface area contributed by atoms with Crippen LogP contribution in [0, 0.1) is 6.92 Å². The second-order valence-electron chi connectivity index (χ2n) is 4.24. The van der Waals surface area contributed by atoms with E-state index in [-0.39, 0.29) is 0 Å². The standard InChI is InChI=1S/C14H19IOS/c1-4-5-6-12(3)14(15)17(16)13-9-7-11(2)8-10-13/h7-10H,4-6H2,1-3H3/b14-12-/t17-/m0/s1. The summed E-state index contributed by atoms with van der Waals surface area (Å²) in [4.78, 5) is 0.899. The molecule has 0 aliphatic rings. The molecule has 0 aliphatic carbocycles. The highest BCUT2D eigenvalue weighted by molar-refractivity contribution is 14.1. The van der Waals surface area contributed by atoms with E-state index in [1.807, 2.05) is 31.2 Å². The molecule has 0 radical (unpaired) electrons. The van der Waals surface area contributed by atoms with Crippen molar-refractivity contribution in [3.63, 3.8) is 0 Å². The monoisotopic (exact) mass is 362 g/mol. The lowest BCUT2D eigenvalue weighted by Crippen LogP contribution is -1.94. The Labute approximate surface area is 120 Å². The quantitative estimate of drug-likeness (QED) is 0.677. The molecule has 1 aromatic carbocycles. The molecule has 0 spiro atoms. The van der Waals surface area contributed by atoms with Crippen LogP contribution in [0.5, 0.6) is 0 Å². The summed E-state index contributed by atoms with van der Waals surface area (Å²) >= 11 is 2.22. The van der Waals surface area contributed by atoms with Crippen LogP contribution in [0.2, 0.25) is 0 Å². The van der Waals surface area contributed by atoms with Gasteiger partial charge in [0.2, 0.25) is 0 Å². The van der Waals surface area contributed by atoms with Gasteiger partial charge < -0.3 is 0 Å². The van der Waals surface area contributed by atoms with E-state index in [1.54, 1.807) is 0 Å². The molecule has 94 valence electrons. The van der Waals surface area contributed by atoms with Gasteiger partial charge in [0.1, 0.15) is 0 Å². The number of unbranched alkanes of at least 4 members (excludes halogenated alkanes) is 1. The maximum Gasteiger partial charge on any atom is 0.0911 e. The van der Waals surface area contributed by atoms with Crippen LogP contribution in [-0.4, -0.2) is 4.21 Å². The third kappa shape index (κ3) is 4.54. The van der Waals surface area contributed by atoms with Gasteiger partial charge in [-0.25, -0.2) is 4.21 Å². The SMILES string of the molecule is CCCC/C(C)=C(/I)[S@@](=O)c1ccc(C)cc1. The predicted octanol–water partition coefficient (Wildman–Crippen LogP) is 4.96. The van der Waals surface area contributed by atoms with Crippen molar-refractivity contribution < 1.29 is 4.21 Å². The summed E-state index contributed by atoms with van der Waals surface area (Å²) in [6.45, 7) is 6.31. The highest BCUT2D eigenvalue weighted by Crippen LogP contribution is 2.26. The van der Waals surface area contributed by atoms with Crippen molar-refractivity contribution in [1.29, 1.82) is 0 Å². The van der Waals surface area contributed by atoms with Gasteiger partial charge in [0.05, 0.1) is 13.7 Å². The molecule has 0 amide bonds. The second-order valence-corrected chi connectivity index (χ2v) is 7.47. The summed E-state index contributed by atoms with van der Waals surface area (Å²) in [5, 5.41) is 0. The fraction of sp³-hybridized carbons (Fsp3) is 0.429. The van der Waals surface area contributed by atoms with Crippen molar-refractivity contribution in [2.45, 2.75) is 44.9 Å². The number of hydrogen-bond acceptors (Lipinski definition) is 1. The molecule has 1 atom stereocenters. The zero-order valence-corrected chi connectivity index (χ0v) is 13.6. The topological polar surface area (TPSA) is 17.1 Å². The summed E-state index contributed by atoms with van der Waals surface area (Å²) in [7, 11) is -1.00. The van der Waals surface area contributed by atoms with Crippen molar-refractivity contribution in [3.8, 4) is 0 Å². The normalized spacial score (nSPS) is 14.4. The van der Waals surface area contributed by atoms with Crippen LogP contribution in [-0.2, 0) is 10.8 Å². The van der Waals surface area contributed by atoms with E-state index in [0.717, 1.165) is 14.2 Å². The maximum absolute atomic E-state index is 12.3. The first kappa shape index (κ1) is 14.9. The summed E-state index contributed by atoms with van der Waals surface area (Å²) < 4.78 is 13.3. The van der Waals surface area contributed by atoms with E-state index < -0.39 is 10.8 Å². The molecule has 0 saturated carbocycles. The Morgan fingerprint density at radius 1 is 1.29 bits per heavy atom. The number of rotatable bonds is 5. The summed E-state index contributed by atoms with van der Waals surface area (Å²) in [6.07, 6.45) is 3.40. The molecule has 1 nitrogen and oxygen atoms in total. The zero-order valence-electron chi connectivity index (χ0n) is 10.6. The maximum atomic E-state index is 12.3. The first-order valence-corrected chi connectivity index (χ1v) is 8.12. The molecular formula is C14H19IOS. The number of halogens is 1. The molecule has 1 aromatic rings. The first-order valence-electron chi connectivity index (χ1n) is 5.90. The van der Waals surface area contributed by atoms with Gasteiger partial charge in [0.25, 0.3) is 0 Å². The van der Waals surface area contributed by atoms with Gasteiger partial charge >= 0.3 is 0 Å². The van der Waals surface area contributed by atoms with Crippen molar-refractivity contribution in [2.24, 2.45) is 0 Å². The van der Waals surface area contributed by atoms with Crippen LogP contribution in [0.3, 0.4) is 0 Å². The summed E-state index contributed by atoms with van der Waals surface area (Å²) in [6, 6.07) is 7.94. The average Bonchev–Trinajstić information content (AvgIpc) is 2.35. The smallest absolute Gasteiger partial charge is 0.0911 e. The molecule has 0 unspecified atom stereocenters. The minimum absolute atomic E-state index is 0.899. The Kier molecular flexibility index (Phi) is 6.41. The van der Waals surface area contributed by atoms with Crippen LogP contribution in [0.4, 0.5) is 0 Å². The number of hydrogen-bond donors (Lipinski definition) is 0. The predicted molar refractivity (Wildman–Crippen MR) is 83.8 cm³/mol. The zero-order chi connectivity index (χ0) is 12.8. The molecular weight excluding hydrogens is 343 g/mol. The van der Waals surface area contributed by atoms with E-state index in [9.17, 15) is 4.21 Å². The van der Waals surface area contributed by atoms with Gasteiger partial charge in [0, 0.05) is 4.90 Å². The molecule has 0 aliphatic heterocycles. The highest BCUT2D eigenvalue weighted by atomic mass is 127. The van der Waals surface area contributed by atoms with Crippen molar-refractivity contribution in [1.82, 2.24) is 0 Å². The molecule has 0 bridgehead atoms. The number of allylic oxidation sites excluding steroid dienone is 1. The van der Waals surface area contributed by atoms with Crippen LogP contribution in [0.1, 0.15) is 38.7 Å². The molecule has 3 heteroatoms. The highest BCUT2D eigenvalue weighted by Gasteiger charge is 2.10. The molecule has 0 fully saturated rings. The molecule has 0 aromatic heterocycles. The lowest BCUT2D eigenvalue weighted by molar-refractivity contribution is 0.687. The van der Waals surface area contributed by atoms with Gasteiger partial charge in [-0.15, -0.1) is 0 Å². The number of benzene rings is 1. The summed E-state index contributed by atoms with van der Waals surface area (Å²) in [5.41, 5.74) is 2.46. The Hall–Kier alpha value is -0.160. The third-order valence-corrected chi connectivity index (χ3v) is 6.13. The Morgan fingerprint density at radius 2 is 1.88 bits per heavy atom. The lowest BCUT2D eigenvalue weighted by atomic mass is 10.2. The van der Waals surface area contributed by atoms with Gasteiger partial charge in [0.15, 0.2) is 0 Å². The van der Waals surface area contributed by atoms with Gasteiger partial charge in [-0.3, -0.25) is 0 Å². The van der Waals surface area contributed by atoms with Crippen LogP contribution >= 0.6 is 22.6 Å². The Balaban J connectivity index is 2.85. The van der Waals surface area contributed by atoms with E-state index in [4.69, 9.17) is 0 Å². The van der Waals surface area contributed by atoms with Gasteiger partial charge in [-0.2, -0.15) is 0 Å². The van der Waals surface area contributed by atoms with E-state index >= 15 is 0 Å². The molecule has 0 N–H and O–H groups in total. The number of aryl methyl sites for hydroxylation is 1. The second kappa shape index (κ2) is 7.31. The molecule has 0 heterocycles. The van der Waals surface area contributed by atoms with Crippen molar-refractivity contribution in [2.75, 3.05) is 0 Å². The first-order chi connectivity index (χ1) is 8.06. The molecule has 17 heavy (non-hydrogen) atoms. The van der Waals surface area contributed by atoms with Crippen LogP contribution < -0.4 is 0 Å². The van der Waals surface area contributed by atoms with E-state index in [0.29, 0.717) is 0 Å². The Bertz CT molecular complexity index is 420. The van der Waals surface area contributed by atoms with Crippen molar-refractivity contribution in [3.05, 3.63) is 38.3 Å². The van der Waals surface area contributed by atoms with E-state index in [1.165, 1.54) is 24.0 Å². The van der Waals surface area contributed by atoms with E-state index in [2.05, 4.69) is 36.4 Å². The van der Waals surface area contributed by atoms with Crippen LogP contribution in [0.25, 0.3) is 0 Å². The largest absolute Gasteiger partial charge is 0.249 e. The fourth-order valence-electron chi connectivity index (χ4n) is 1.46. The van der Waals surface area contributed by atoms with Crippen molar-refractivity contribution >= 4 is 33.4 Å².